The molecule has 23 heteroatoms. The van der Waals surface area contributed by atoms with E-state index in [4.69, 9.17) is 14.5 Å². The Hall–Kier alpha value is -8.18. The number of ether oxygens (including phenoxy) is 2. The van der Waals surface area contributed by atoms with Crippen LogP contribution in [0.25, 0.3) is 22.3 Å². The molecule has 1 fully saturated rings. The second-order valence-corrected chi connectivity index (χ2v) is 19.3. The molecule has 0 saturated carbocycles. The first-order valence-electron chi connectivity index (χ1n) is 25.1. The Labute approximate surface area is 433 Å². The maximum absolute atomic E-state index is 15.4. The summed E-state index contributed by atoms with van der Waals surface area (Å²) in [6, 6.07) is 9.35. The molecule has 22 nitrogen and oxygen atoms in total. The number of benzene rings is 2. The van der Waals surface area contributed by atoms with Gasteiger partial charge in [0.2, 0.25) is 35.4 Å². The number of carbonyl (C=O) groups is 9. The van der Waals surface area contributed by atoms with E-state index in [2.05, 4.69) is 26.6 Å². The molecule has 2 aromatic heterocycles. The quantitative estimate of drug-likeness (QED) is 0.0180. The molecule has 1 saturated heterocycles. The Balaban J connectivity index is 0.756. The molecule has 9 rings (SSSR count). The molecule has 0 bridgehead atoms. The van der Waals surface area contributed by atoms with Crippen LogP contribution in [-0.2, 0) is 84.2 Å². The monoisotopic (exact) mass is 1050 g/mol. The number of imide groups is 1. The highest BCUT2D eigenvalue weighted by Gasteiger charge is 2.53. The number of fused-ring (bicyclic) bond motifs is 5. The largest absolute Gasteiger partial charge is 0.458 e. The molecule has 5 aliphatic rings. The molecular weight excluding hydrogens is 990 g/mol. The first-order valence-corrected chi connectivity index (χ1v) is 25.1. The van der Waals surface area contributed by atoms with Crippen LogP contribution in [0.15, 0.2) is 59.4 Å². The molecule has 8 amide bonds. The molecule has 0 radical (unpaired) electrons. The summed E-state index contributed by atoms with van der Waals surface area (Å²) in [5, 5.41) is 24.6. The zero-order valence-electron chi connectivity index (χ0n) is 41.8. The Morgan fingerprint density at radius 2 is 1.59 bits per heavy atom. The van der Waals surface area contributed by atoms with Gasteiger partial charge in [0.25, 0.3) is 17.4 Å². The highest BCUT2D eigenvalue weighted by Crippen LogP contribution is 2.50. The van der Waals surface area contributed by atoms with Gasteiger partial charge in [-0.3, -0.25) is 48.1 Å². The van der Waals surface area contributed by atoms with Crippen molar-refractivity contribution in [2.75, 3.05) is 39.5 Å². The van der Waals surface area contributed by atoms with E-state index < -0.39 is 90.2 Å². The van der Waals surface area contributed by atoms with Crippen molar-refractivity contribution in [1.29, 1.82) is 0 Å². The number of cyclic esters (lactones) is 1. The summed E-state index contributed by atoms with van der Waals surface area (Å²) in [4.78, 5) is 135. The molecule has 4 atom stereocenters. The van der Waals surface area contributed by atoms with E-state index >= 15 is 4.39 Å². The van der Waals surface area contributed by atoms with Crippen LogP contribution in [0.3, 0.4) is 0 Å². The minimum absolute atomic E-state index is 0.0439. The Morgan fingerprint density at radius 3 is 2.34 bits per heavy atom. The van der Waals surface area contributed by atoms with Crippen LogP contribution in [0.5, 0.6) is 0 Å². The van der Waals surface area contributed by atoms with E-state index in [1.807, 2.05) is 0 Å². The molecule has 2 aromatic carbocycles. The number of aromatic nitrogens is 2. The standard InChI is InChI=1S/C53H56FN9O13/c1-3-53(74)33-19-38-48-31(24-62(38)50(71)32(33)25-76-52(53)73)47-37(14-13-30-28(2)34(54)20-35(60-48)46(30)47)63-39(51(63)72)26-75-27-58-42(66)22-57-49(70)36(18-29-10-6-4-7-11-29)59-43(67)23-56-41(65)21-55-40(64)12-8-5-9-17-61-44(68)15-16-45(61)69/h4,6-7,10-11,15-16,19-20,36-37,39,74H,3,5,8-9,12-14,17-18,21-27H2,1-2H3,(H,55,64)(H,56,65)(H,57,70)(H,58,66)(H,59,67)/t36-,37-,39+,53-,63?/m0/s1. The van der Waals surface area contributed by atoms with Crippen LogP contribution in [0.2, 0.25) is 0 Å². The molecule has 76 heavy (non-hydrogen) atoms. The maximum Gasteiger partial charge on any atom is 0.343 e. The molecule has 6 N–H and O–H groups in total. The van der Waals surface area contributed by atoms with Gasteiger partial charge in [-0.05, 0) is 67.3 Å². The predicted molar refractivity (Wildman–Crippen MR) is 265 cm³/mol. The van der Waals surface area contributed by atoms with E-state index in [-0.39, 0.29) is 81.1 Å². The number of hydrogen-bond acceptors (Lipinski definition) is 14. The molecular formula is C53H56FN9O13. The van der Waals surface area contributed by atoms with Crippen molar-refractivity contribution in [3.05, 3.63) is 110 Å². The normalized spacial score (nSPS) is 19.2. The summed E-state index contributed by atoms with van der Waals surface area (Å²) in [6.07, 6.45) is 4.95. The topological polar surface area (TPSA) is 294 Å². The van der Waals surface area contributed by atoms with Crippen LogP contribution in [0.1, 0.15) is 90.4 Å². The van der Waals surface area contributed by atoms with Crippen molar-refractivity contribution in [3.8, 4) is 11.4 Å². The number of carbonyl (C=O) groups excluding carboxylic acids is 9. The van der Waals surface area contributed by atoms with Crippen LogP contribution < -0.4 is 32.1 Å². The second-order valence-electron chi connectivity index (χ2n) is 19.3. The number of nitrogens with zero attached hydrogens (tertiary/aromatic N) is 4. The Bertz CT molecular complexity index is 3180. The van der Waals surface area contributed by atoms with E-state index in [9.17, 15) is 53.1 Å². The van der Waals surface area contributed by atoms with Crippen molar-refractivity contribution >= 4 is 64.1 Å². The van der Waals surface area contributed by atoms with Crippen molar-refractivity contribution in [1.82, 2.24) is 45.9 Å². The number of hydrogen-bond donors (Lipinski definition) is 6. The number of unbranched alkanes of at least 4 members (excludes halogenated alkanes) is 2. The van der Waals surface area contributed by atoms with Gasteiger partial charge in [0, 0.05) is 54.1 Å². The van der Waals surface area contributed by atoms with Gasteiger partial charge in [-0.15, -0.1) is 0 Å². The van der Waals surface area contributed by atoms with Gasteiger partial charge in [0.1, 0.15) is 31.2 Å². The number of amides is 8. The average molecular weight is 1050 g/mol. The van der Waals surface area contributed by atoms with Crippen molar-refractivity contribution in [2.24, 2.45) is 0 Å². The molecule has 6 heterocycles. The molecule has 0 spiro atoms. The van der Waals surface area contributed by atoms with E-state index in [0.29, 0.717) is 71.1 Å². The summed E-state index contributed by atoms with van der Waals surface area (Å²) in [5.41, 5.74) is 2.14. The minimum Gasteiger partial charge on any atom is -0.458 e. The number of aryl methyl sites for hydroxylation is 1. The number of nitrogens with one attached hydrogen (secondary N) is 5. The van der Waals surface area contributed by atoms with Crippen LogP contribution >= 0.6 is 0 Å². The van der Waals surface area contributed by atoms with Gasteiger partial charge >= 0.3 is 5.97 Å². The van der Waals surface area contributed by atoms with Gasteiger partial charge in [-0.25, -0.2) is 14.2 Å². The lowest BCUT2D eigenvalue weighted by Gasteiger charge is -2.31. The molecule has 4 aromatic rings. The van der Waals surface area contributed by atoms with Gasteiger partial charge < -0.3 is 50.6 Å². The minimum atomic E-state index is -2.05. The number of pyridine rings is 2. The van der Waals surface area contributed by atoms with Crippen LogP contribution in [0, 0.1) is 12.7 Å². The fraction of sp³-hybridized carbons (Fsp3) is 0.415. The highest BCUT2D eigenvalue weighted by atomic mass is 19.1. The molecule has 4 aliphatic heterocycles. The summed E-state index contributed by atoms with van der Waals surface area (Å²) in [7, 11) is 0. The first kappa shape index (κ1) is 52.7. The SMILES string of the molecule is CC[C@@]1(O)C(=O)OCc2c1cc1n(c2=O)Cc2c-1nc1cc(F)c(C)c3c1c2[C@@H](N1C(=O)[C@H]1COCNC(=O)CNC(=O)[C@H](Cc1ccccc1)NC(=O)CNC(=O)CNC(=O)CCCCCN1C(=O)C=CC1=O)CC3. The smallest absolute Gasteiger partial charge is 0.343 e. The lowest BCUT2D eigenvalue weighted by molar-refractivity contribution is -0.172. The first-order chi connectivity index (χ1) is 36.5. The average Bonchev–Trinajstić information content (AvgIpc) is 3.93. The van der Waals surface area contributed by atoms with Crippen LogP contribution in [-0.4, -0.2) is 129 Å². The maximum atomic E-state index is 15.4. The summed E-state index contributed by atoms with van der Waals surface area (Å²) in [6.45, 7) is 1.47. The molecule has 0 unspecified atom stereocenters. The van der Waals surface area contributed by atoms with Crippen LogP contribution in [0.4, 0.5) is 4.39 Å². The van der Waals surface area contributed by atoms with Gasteiger partial charge in [-0.2, -0.15) is 0 Å². The van der Waals surface area contributed by atoms with E-state index in [0.717, 1.165) is 16.0 Å². The second kappa shape index (κ2) is 22.0. The predicted octanol–water partition coefficient (Wildman–Crippen LogP) is 0.377. The summed E-state index contributed by atoms with van der Waals surface area (Å²) in [5.74, 6) is -5.36. The summed E-state index contributed by atoms with van der Waals surface area (Å²) >= 11 is 0. The van der Waals surface area contributed by atoms with Crippen molar-refractivity contribution in [2.45, 2.75) is 102 Å². The third-order valence-corrected chi connectivity index (χ3v) is 14.6. The third kappa shape index (κ3) is 10.6. The highest BCUT2D eigenvalue weighted by molar-refractivity contribution is 6.12. The number of halogens is 1. The zero-order valence-corrected chi connectivity index (χ0v) is 41.8. The van der Waals surface area contributed by atoms with Crippen molar-refractivity contribution < 1.29 is 62.1 Å². The fourth-order valence-electron chi connectivity index (χ4n) is 10.4. The van der Waals surface area contributed by atoms with E-state index in [1.165, 1.54) is 22.8 Å². The zero-order chi connectivity index (χ0) is 54.0. The molecule has 1 aliphatic carbocycles. The lowest BCUT2D eigenvalue weighted by Crippen LogP contribution is -2.52. The van der Waals surface area contributed by atoms with Gasteiger partial charge in [0.05, 0.1) is 61.3 Å². The number of aliphatic hydroxyl groups is 1. The van der Waals surface area contributed by atoms with Gasteiger partial charge in [-0.1, -0.05) is 43.7 Å². The number of rotatable bonds is 22. The Morgan fingerprint density at radius 1 is 0.882 bits per heavy atom. The fourth-order valence-corrected chi connectivity index (χ4v) is 10.4. The summed E-state index contributed by atoms with van der Waals surface area (Å²) < 4.78 is 27.9. The third-order valence-electron chi connectivity index (χ3n) is 14.6. The van der Waals surface area contributed by atoms with E-state index in [1.54, 1.807) is 55.1 Å². The Kier molecular flexibility index (Phi) is 15.2. The molecule has 398 valence electrons. The van der Waals surface area contributed by atoms with Gasteiger partial charge in [0.15, 0.2) is 5.60 Å². The lowest BCUT2D eigenvalue weighted by atomic mass is 9.81. The van der Waals surface area contributed by atoms with Crippen molar-refractivity contribution in [3.63, 3.8) is 0 Å². The number of esters is 1.